The van der Waals surface area contributed by atoms with Crippen LogP contribution in [0.2, 0.25) is 25.7 Å². The van der Waals surface area contributed by atoms with Gasteiger partial charge in [-0.25, -0.2) is 33.4 Å². The average molecular weight is 708 g/mol. The number of ether oxygens (including phenoxy) is 3. The topological polar surface area (TPSA) is 144 Å². The second-order valence-electron chi connectivity index (χ2n) is 13.3. The predicted octanol–water partition coefficient (Wildman–Crippen LogP) is 6.34. The summed E-state index contributed by atoms with van der Waals surface area (Å²) < 4.78 is 35.7. The molecule has 260 valence electrons. The number of fused-ring (bicyclic) bond motifs is 3. The average Bonchev–Trinajstić information content (AvgIpc) is 3.84. The Labute approximate surface area is 292 Å². The minimum atomic E-state index is -1.29. The summed E-state index contributed by atoms with van der Waals surface area (Å²) in [4.78, 5) is 50.1. The molecule has 13 nitrogen and oxygen atoms in total. The molecule has 6 aromatic rings. The van der Waals surface area contributed by atoms with E-state index in [1.54, 1.807) is 65.2 Å². The van der Waals surface area contributed by atoms with Crippen LogP contribution in [0.15, 0.2) is 73.2 Å². The Morgan fingerprint density at radius 2 is 1.71 bits per heavy atom. The molecule has 0 unspecified atom stereocenters. The summed E-state index contributed by atoms with van der Waals surface area (Å²) in [7, 11) is -0.143. The molecule has 0 spiro atoms. The van der Waals surface area contributed by atoms with Gasteiger partial charge in [-0.05, 0) is 49.4 Å². The first-order valence-corrected chi connectivity index (χ1v) is 20.0. The zero-order chi connectivity index (χ0) is 36.0. The number of nitrogens with zero attached hydrogens (tertiary/aromatic N) is 7. The van der Waals surface area contributed by atoms with Gasteiger partial charge in [0.15, 0.2) is 17.2 Å². The highest BCUT2D eigenvalue weighted by atomic mass is 28.3. The number of anilines is 1. The summed E-state index contributed by atoms with van der Waals surface area (Å²) in [5.41, 5.74) is 1.78. The molecule has 51 heavy (non-hydrogen) atoms. The first-order chi connectivity index (χ1) is 24.4. The second-order valence-corrected chi connectivity index (χ2v) is 18.9. The SMILES string of the molecule is COC(=O)c1cc2cc(O[C@@H](C)c3nc4c(cnn4COCC[Si](C)(C)C)cc3-n3cccn3)c(N3C(=O)c4ccccc4C3=O)nc2cc1F. The zero-order valence-corrected chi connectivity index (χ0v) is 29.6. The van der Waals surface area contributed by atoms with Crippen molar-refractivity contribution in [1.82, 2.24) is 29.5 Å². The third-order valence-corrected chi connectivity index (χ3v) is 10.2. The first-order valence-electron chi connectivity index (χ1n) is 16.2. The van der Waals surface area contributed by atoms with E-state index >= 15 is 4.39 Å². The van der Waals surface area contributed by atoms with Crippen LogP contribution in [0.4, 0.5) is 10.2 Å². The van der Waals surface area contributed by atoms with Gasteiger partial charge in [-0.15, -0.1) is 0 Å². The van der Waals surface area contributed by atoms with Gasteiger partial charge in [-0.3, -0.25) is 9.59 Å². The maximum Gasteiger partial charge on any atom is 0.340 e. The number of amides is 2. The van der Waals surface area contributed by atoms with Crippen LogP contribution in [0.25, 0.3) is 27.6 Å². The van der Waals surface area contributed by atoms with E-state index in [2.05, 4.69) is 34.8 Å². The molecular formula is C36H34FN7O6Si. The highest BCUT2D eigenvalue weighted by molar-refractivity contribution is 6.76. The van der Waals surface area contributed by atoms with Gasteiger partial charge in [0.05, 0.1) is 41.2 Å². The van der Waals surface area contributed by atoms with E-state index < -0.39 is 37.8 Å². The van der Waals surface area contributed by atoms with Crippen LogP contribution < -0.4 is 9.64 Å². The summed E-state index contributed by atoms with van der Waals surface area (Å²) >= 11 is 0. The molecule has 2 aromatic carbocycles. The number of carbonyl (C=O) groups is 3. The quantitative estimate of drug-likeness (QED) is 0.0647. The molecule has 7 rings (SSSR count). The Bertz CT molecular complexity index is 2300. The fraction of sp³-hybridized carbons (Fsp3) is 0.250. The summed E-state index contributed by atoms with van der Waals surface area (Å²) in [5, 5.41) is 10.0. The molecule has 2 amide bonds. The van der Waals surface area contributed by atoms with Crippen molar-refractivity contribution in [2.75, 3.05) is 18.6 Å². The number of carbonyl (C=O) groups excluding carboxylic acids is 3. The minimum absolute atomic E-state index is 0.0171. The fourth-order valence-electron chi connectivity index (χ4n) is 5.84. The van der Waals surface area contributed by atoms with Gasteiger partial charge in [0.1, 0.15) is 24.3 Å². The maximum atomic E-state index is 15.1. The Morgan fingerprint density at radius 1 is 0.961 bits per heavy atom. The van der Waals surface area contributed by atoms with Gasteiger partial charge in [-0.2, -0.15) is 10.2 Å². The van der Waals surface area contributed by atoms with Crippen molar-refractivity contribution in [3.05, 3.63) is 101 Å². The molecule has 1 aliphatic rings. The van der Waals surface area contributed by atoms with Crippen LogP contribution in [0.3, 0.4) is 0 Å². The number of methoxy groups -OCH3 is 1. The van der Waals surface area contributed by atoms with Crippen molar-refractivity contribution in [3.63, 3.8) is 0 Å². The highest BCUT2D eigenvalue weighted by Crippen LogP contribution is 2.39. The van der Waals surface area contributed by atoms with Crippen molar-refractivity contribution in [2.45, 2.75) is 45.4 Å². The van der Waals surface area contributed by atoms with Gasteiger partial charge in [-0.1, -0.05) is 31.8 Å². The number of rotatable bonds is 11. The molecule has 0 saturated carbocycles. The lowest BCUT2D eigenvalue weighted by atomic mass is 10.1. The number of halogens is 1. The number of hydrogen-bond donors (Lipinski definition) is 0. The van der Waals surface area contributed by atoms with Crippen LogP contribution in [-0.4, -0.2) is 69.1 Å². The van der Waals surface area contributed by atoms with Gasteiger partial charge < -0.3 is 14.2 Å². The number of benzene rings is 2. The molecule has 1 aliphatic heterocycles. The van der Waals surface area contributed by atoms with Crippen molar-refractivity contribution < 1.29 is 33.0 Å². The number of aromatic nitrogens is 6. The summed E-state index contributed by atoms with van der Waals surface area (Å²) in [5.74, 6) is -3.10. The van der Waals surface area contributed by atoms with Crippen molar-refractivity contribution in [2.24, 2.45) is 0 Å². The van der Waals surface area contributed by atoms with Crippen LogP contribution in [0, 0.1) is 5.82 Å². The van der Waals surface area contributed by atoms with E-state index in [1.165, 1.54) is 12.1 Å². The van der Waals surface area contributed by atoms with Gasteiger partial charge >= 0.3 is 5.97 Å². The first kappa shape index (κ1) is 33.7. The number of hydrogen-bond acceptors (Lipinski definition) is 10. The lowest BCUT2D eigenvalue weighted by Gasteiger charge is -2.22. The summed E-state index contributed by atoms with van der Waals surface area (Å²) in [6, 6.07) is 14.9. The van der Waals surface area contributed by atoms with Crippen LogP contribution in [-0.2, 0) is 16.2 Å². The van der Waals surface area contributed by atoms with Crippen LogP contribution >= 0.6 is 0 Å². The molecule has 0 saturated heterocycles. The Hall–Kier alpha value is -5.80. The molecule has 5 heterocycles. The van der Waals surface area contributed by atoms with Gasteiger partial charge in [0.25, 0.3) is 11.8 Å². The lowest BCUT2D eigenvalue weighted by molar-refractivity contribution is 0.0595. The largest absolute Gasteiger partial charge is 0.480 e. The molecular weight excluding hydrogens is 674 g/mol. The molecule has 0 fully saturated rings. The van der Waals surface area contributed by atoms with E-state index in [0.717, 1.165) is 29.5 Å². The Kier molecular flexibility index (Phi) is 8.68. The Balaban J connectivity index is 1.33. The molecule has 0 radical (unpaired) electrons. The van der Waals surface area contributed by atoms with Gasteiger partial charge in [0, 0.05) is 43.9 Å². The third kappa shape index (κ3) is 6.36. The zero-order valence-electron chi connectivity index (χ0n) is 28.6. The van der Waals surface area contributed by atoms with Crippen LogP contribution in [0.5, 0.6) is 5.75 Å². The van der Waals surface area contributed by atoms with E-state index in [4.69, 9.17) is 19.2 Å². The minimum Gasteiger partial charge on any atom is -0.480 e. The summed E-state index contributed by atoms with van der Waals surface area (Å²) in [6.07, 6.45) is 4.28. The maximum absolute atomic E-state index is 15.1. The summed E-state index contributed by atoms with van der Waals surface area (Å²) in [6.45, 7) is 9.42. The number of pyridine rings is 2. The highest BCUT2D eigenvalue weighted by Gasteiger charge is 2.39. The Morgan fingerprint density at radius 3 is 2.37 bits per heavy atom. The van der Waals surface area contributed by atoms with Crippen molar-refractivity contribution in [1.29, 1.82) is 0 Å². The molecule has 0 aliphatic carbocycles. The number of esters is 1. The fourth-order valence-corrected chi connectivity index (χ4v) is 6.59. The van der Waals surface area contributed by atoms with E-state index in [9.17, 15) is 14.4 Å². The van der Waals surface area contributed by atoms with E-state index in [1.807, 2.05) is 6.07 Å². The predicted molar refractivity (Wildman–Crippen MR) is 188 cm³/mol. The lowest BCUT2D eigenvalue weighted by Crippen LogP contribution is -2.31. The normalized spacial score (nSPS) is 13.6. The molecule has 0 bridgehead atoms. The third-order valence-electron chi connectivity index (χ3n) is 8.53. The van der Waals surface area contributed by atoms with Gasteiger partial charge in [0.2, 0.25) is 0 Å². The standard InChI is InChI=1S/C36H34FN7O6Si/c1-21(31-29(42-12-8-11-38-42)16-23-19-39-43(32(23)41-31)20-49-13-14-51(3,4)5)50-30-17-22-15-26(36(47)48-2)27(37)18-28(22)40-33(30)44-34(45)24-9-6-7-10-25(24)35(44)46/h6-12,15-19,21H,13-14,20H2,1-5H3/t21-/m0/s1. The molecule has 0 N–H and O–H groups in total. The van der Waals surface area contributed by atoms with E-state index in [-0.39, 0.29) is 40.5 Å². The molecule has 15 heteroatoms. The van der Waals surface area contributed by atoms with Crippen LogP contribution in [0.1, 0.15) is 49.8 Å². The van der Waals surface area contributed by atoms with Crippen molar-refractivity contribution >= 4 is 53.6 Å². The second kappa shape index (κ2) is 13.1. The van der Waals surface area contributed by atoms with Crippen molar-refractivity contribution in [3.8, 4) is 11.4 Å². The monoisotopic (exact) mass is 707 g/mol. The molecule has 1 atom stereocenters. The smallest absolute Gasteiger partial charge is 0.340 e. The number of imide groups is 1. The molecule has 4 aromatic heterocycles. The van der Waals surface area contributed by atoms with E-state index in [0.29, 0.717) is 29.0 Å².